The molecule has 0 saturated carbocycles. The Labute approximate surface area is 154 Å². The van der Waals surface area contributed by atoms with Crippen LogP contribution in [0.5, 0.6) is 0 Å². The molecule has 24 heavy (non-hydrogen) atoms. The molecule has 0 spiro atoms. The fourth-order valence-corrected chi connectivity index (χ4v) is 3.29. The number of piperidine rings is 1. The van der Waals surface area contributed by atoms with E-state index in [1.54, 1.807) is 4.90 Å². The SMILES string of the molecule is CCN(Cc1ccc(Br)cc1N1CCCCC1)C(=O)OC(C)(C)C. The molecule has 1 amide bonds. The maximum atomic E-state index is 12.4. The van der Waals surface area contributed by atoms with E-state index < -0.39 is 5.60 Å². The van der Waals surface area contributed by atoms with Crippen LogP contribution in [0.1, 0.15) is 52.5 Å². The molecule has 2 rings (SSSR count). The highest BCUT2D eigenvalue weighted by Gasteiger charge is 2.23. The summed E-state index contributed by atoms with van der Waals surface area (Å²) in [6, 6.07) is 6.33. The Bertz CT molecular complexity index is 563. The first-order chi connectivity index (χ1) is 11.3. The highest BCUT2D eigenvalue weighted by Crippen LogP contribution is 2.29. The van der Waals surface area contributed by atoms with Crippen LogP contribution in [0.15, 0.2) is 22.7 Å². The molecule has 1 heterocycles. The first-order valence-corrected chi connectivity index (χ1v) is 9.61. The quantitative estimate of drug-likeness (QED) is 0.701. The van der Waals surface area contributed by atoms with Crippen LogP contribution < -0.4 is 4.90 Å². The molecule has 134 valence electrons. The molecule has 0 N–H and O–H groups in total. The summed E-state index contributed by atoms with van der Waals surface area (Å²) >= 11 is 3.58. The van der Waals surface area contributed by atoms with E-state index >= 15 is 0 Å². The summed E-state index contributed by atoms with van der Waals surface area (Å²) in [6.45, 7) is 11.1. The summed E-state index contributed by atoms with van der Waals surface area (Å²) in [5.74, 6) is 0. The zero-order valence-corrected chi connectivity index (χ0v) is 16.9. The molecule has 0 aliphatic carbocycles. The molecule has 1 aliphatic heterocycles. The molecule has 1 fully saturated rings. The second-order valence-corrected chi connectivity index (χ2v) is 8.23. The lowest BCUT2D eigenvalue weighted by Gasteiger charge is -2.32. The molecule has 1 aromatic carbocycles. The lowest BCUT2D eigenvalue weighted by molar-refractivity contribution is 0.0245. The van der Waals surface area contributed by atoms with Crippen molar-refractivity contribution in [3.05, 3.63) is 28.2 Å². The van der Waals surface area contributed by atoms with Crippen LogP contribution >= 0.6 is 15.9 Å². The van der Waals surface area contributed by atoms with E-state index in [4.69, 9.17) is 4.74 Å². The molecule has 0 bridgehead atoms. The normalized spacial score (nSPS) is 15.3. The van der Waals surface area contributed by atoms with Gasteiger partial charge < -0.3 is 14.5 Å². The fraction of sp³-hybridized carbons (Fsp3) is 0.632. The number of anilines is 1. The number of hydrogen-bond acceptors (Lipinski definition) is 3. The number of nitrogens with zero attached hydrogens (tertiary/aromatic N) is 2. The first kappa shape index (κ1) is 19.1. The summed E-state index contributed by atoms with van der Waals surface area (Å²) in [6.07, 6.45) is 3.52. The van der Waals surface area contributed by atoms with Gasteiger partial charge in [0.25, 0.3) is 0 Å². The van der Waals surface area contributed by atoms with E-state index in [0.29, 0.717) is 13.1 Å². The number of benzene rings is 1. The summed E-state index contributed by atoms with van der Waals surface area (Å²) in [4.78, 5) is 16.6. The van der Waals surface area contributed by atoms with Gasteiger partial charge in [0.2, 0.25) is 0 Å². The zero-order valence-electron chi connectivity index (χ0n) is 15.3. The fourth-order valence-electron chi connectivity index (χ4n) is 2.94. The third-order valence-corrected chi connectivity index (χ3v) is 4.63. The van der Waals surface area contributed by atoms with E-state index in [1.807, 2.05) is 33.8 Å². The molecule has 5 heteroatoms. The Morgan fingerprint density at radius 3 is 2.50 bits per heavy atom. The average molecular weight is 397 g/mol. The number of halogens is 1. The van der Waals surface area contributed by atoms with Gasteiger partial charge in [-0.2, -0.15) is 0 Å². The van der Waals surface area contributed by atoms with Gasteiger partial charge >= 0.3 is 6.09 Å². The van der Waals surface area contributed by atoms with E-state index in [0.717, 1.165) is 17.6 Å². The molecule has 4 nitrogen and oxygen atoms in total. The van der Waals surface area contributed by atoms with Crippen LogP contribution in [0.4, 0.5) is 10.5 Å². The van der Waals surface area contributed by atoms with Crippen molar-refractivity contribution in [1.82, 2.24) is 4.90 Å². The minimum atomic E-state index is -0.472. The smallest absolute Gasteiger partial charge is 0.410 e. The molecular formula is C19H29BrN2O2. The Hall–Kier alpha value is -1.23. The summed E-state index contributed by atoms with van der Waals surface area (Å²) in [5.41, 5.74) is 1.93. The third-order valence-electron chi connectivity index (χ3n) is 4.14. The van der Waals surface area contributed by atoms with Crippen molar-refractivity contribution in [2.45, 2.75) is 59.1 Å². The summed E-state index contributed by atoms with van der Waals surface area (Å²) in [7, 11) is 0. The van der Waals surface area contributed by atoms with Gasteiger partial charge in [0, 0.05) is 29.8 Å². The van der Waals surface area contributed by atoms with Crippen molar-refractivity contribution < 1.29 is 9.53 Å². The number of hydrogen-bond donors (Lipinski definition) is 0. The molecule has 0 unspecified atom stereocenters. The van der Waals surface area contributed by atoms with Gasteiger partial charge in [-0.3, -0.25) is 0 Å². The molecular weight excluding hydrogens is 368 g/mol. The van der Waals surface area contributed by atoms with E-state index in [2.05, 4.69) is 33.0 Å². The predicted octanol–water partition coefficient (Wildman–Crippen LogP) is 5.20. The van der Waals surface area contributed by atoms with Crippen LogP contribution in [-0.4, -0.2) is 36.2 Å². The molecule has 0 aromatic heterocycles. The minimum absolute atomic E-state index is 0.252. The Kier molecular flexibility index (Phi) is 6.55. The number of rotatable bonds is 4. The van der Waals surface area contributed by atoms with Crippen LogP contribution in [0, 0.1) is 0 Å². The second kappa shape index (κ2) is 8.24. The van der Waals surface area contributed by atoms with Crippen molar-refractivity contribution in [2.24, 2.45) is 0 Å². The Balaban J connectivity index is 2.19. The van der Waals surface area contributed by atoms with Crippen molar-refractivity contribution in [3.63, 3.8) is 0 Å². The Morgan fingerprint density at radius 1 is 1.25 bits per heavy atom. The Morgan fingerprint density at radius 2 is 1.92 bits per heavy atom. The maximum absolute atomic E-state index is 12.4. The lowest BCUT2D eigenvalue weighted by Crippen LogP contribution is -2.37. The van der Waals surface area contributed by atoms with Crippen LogP contribution in [0.3, 0.4) is 0 Å². The van der Waals surface area contributed by atoms with Crippen molar-refractivity contribution in [2.75, 3.05) is 24.5 Å². The summed E-state index contributed by atoms with van der Waals surface area (Å²) < 4.78 is 6.61. The van der Waals surface area contributed by atoms with Gasteiger partial charge in [-0.25, -0.2) is 4.79 Å². The lowest BCUT2D eigenvalue weighted by atomic mass is 10.1. The minimum Gasteiger partial charge on any atom is -0.444 e. The van der Waals surface area contributed by atoms with Gasteiger partial charge in [-0.15, -0.1) is 0 Å². The summed E-state index contributed by atoms with van der Waals surface area (Å²) in [5, 5.41) is 0. The van der Waals surface area contributed by atoms with Crippen LogP contribution in [0.2, 0.25) is 0 Å². The van der Waals surface area contributed by atoms with Crippen molar-refractivity contribution in [1.29, 1.82) is 0 Å². The largest absolute Gasteiger partial charge is 0.444 e. The highest BCUT2D eigenvalue weighted by molar-refractivity contribution is 9.10. The number of ether oxygens (including phenoxy) is 1. The third kappa shape index (κ3) is 5.40. The maximum Gasteiger partial charge on any atom is 0.410 e. The number of amides is 1. The van der Waals surface area contributed by atoms with Gasteiger partial charge in [-0.05, 0) is 64.7 Å². The molecule has 1 aromatic rings. The van der Waals surface area contributed by atoms with E-state index in [9.17, 15) is 4.79 Å². The van der Waals surface area contributed by atoms with E-state index in [-0.39, 0.29) is 6.09 Å². The van der Waals surface area contributed by atoms with E-state index in [1.165, 1.54) is 30.5 Å². The molecule has 1 aliphatic rings. The van der Waals surface area contributed by atoms with Gasteiger partial charge in [0.05, 0.1) is 6.54 Å². The molecule has 1 saturated heterocycles. The van der Waals surface area contributed by atoms with Gasteiger partial charge in [0.1, 0.15) is 5.60 Å². The topological polar surface area (TPSA) is 32.8 Å². The zero-order chi connectivity index (χ0) is 17.7. The highest BCUT2D eigenvalue weighted by atomic mass is 79.9. The first-order valence-electron chi connectivity index (χ1n) is 8.81. The monoisotopic (exact) mass is 396 g/mol. The predicted molar refractivity (Wildman–Crippen MR) is 103 cm³/mol. The van der Waals surface area contributed by atoms with Gasteiger partial charge in [-0.1, -0.05) is 22.0 Å². The standard InChI is InChI=1S/C19H29BrN2O2/c1-5-21(18(23)24-19(2,3)4)14-15-9-10-16(20)13-17(15)22-11-7-6-8-12-22/h9-10,13H,5-8,11-12,14H2,1-4H3. The second-order valence-electron chi connectivity index (χ2n) is 7.32. The number of carbonyl (C=O) groups is 1. The van der Waals surface area contributed by atoms with Crippen molar-refractivity contribution in [3.8, 4) is 0 Å². The molecule has 0 atom stereocenters. The van der Waals surface area contributed by atoms with Gasteiger partial charge in [0.15, 0.2) is 0 Å². The average Bonchev–Trinajstić information content (AvgIpc) is 2.52. The van der Waals surface area contributed by atoms with Crippen molar-refractivity contribution >= 4 is 27.7 Å². The van der Waals surface area contributed by atoms with Crippen LogP contribution in [-0.2, 0) is 11.3 Å². The number of carbonyl (C=O) groups excluding carboxylic acids is 1. The van der Waals surface area contributed by atoms with Crippen LogP contribution in [0.25, 0.3) is 0 Å². The molecule has 0 radical (unpaired) electrons.